The maximum atomic E-state index is 12.4. The average molecular weight is 458 g/mol. The van der Waals surface area contributed by atoms with Crippen LogP contribution in [0.25, 0.3) is 0 Å². The molecule has 10 heteroatoms. The molecule has 1 atom stereocenters. The third kappa shape index (κ3) is 4.86. The Bertz CT molecular complexity index is 1220. The van der Waals surface area contributed by atoms with Gasteiger partial charge in [0.15, 0.2) is 6.10 Å². The molecule has 0 fully saturated rings. The van der Waals surface area contributed by atoms with Gasteiger partial charge in [-0.3, -0.25) is 14.3 Å². The predicted octanol–water partition coefficient (Wildman–Crippen LogP) is 3.45. The first kappa shape index (κ1) is 20.9. The number of anilines is 3. The molecule has 0 bridgehead atoms. The lowest BCUT2D eigenvalue weighted by Gasteiger charge is -2.23. The van der Waals surface area contributed by atoms with E-state index < -0.39 is 16.1 Å². The van der Waals surface area contributed by atoms with Gasteiger partial charge in [0.1, 0.15) is 9.96 Å². The zero-order valence-corrected chi connectivity index (χ0v) is 18.0. The highest BCUT2D eigenvalue weighted by Gasteiger charge is 2.23. The van der Waals surface area contributed by atoms with E-state index in [2.05, 4.69) is 15.4 Å². The van der Waals surface area contributed by atoms with Crippen molar-refractivity contribution in [3.63, 3.8) is 0 Å². The van der Waals surface area contributed by atoms with Gasteiger partial charge in [-0.25, -0.2) is 8.42 Å². The molecule has 1 aliphatic heterocycles. The zero-order valence-electron chi connectivity index (χ0n) is 16.4. The van der Waals surface area contributed by atoms with Gasteiger partial charge in [-0.1, -0.05) is 18.2 Å². The molecule has 31 heavy (non-hydrogen) atoms. The normalized spacial score (nSPS) is 15.4. The number of hydrogen-bond donors (Lipinski definition) is 3. The number of thiophene rings is 1. The number of rotatable bonds is 6. The largest absolute Gasteiger partial charge is 0.479 e. The number of benzene rings is 2. The molecule has 160 valence electrons. The molecule has 4 rings (SSSR count). The zero-order chi connectivity index (χ0) is 22.0. The molecule has 1 aromatic heterocycles. The second-order valence-corrected chi connectivity index (χ2v) is 9.78. The fraction of sp³-hybridized carbons (Fsp3) is 0.143. The van der Waals surface area contributed by atoms with Crippen LogP contribution in [0.3, 0.4) is 0 Å². The number of carbonyl (C=O) groups is 2. The Morgan fingerprint density at radius 2 is 1.87 bits per heavy atom. The van der Waals surface area contributed by atoms with Crippen LogP contribution in [0.4, 0.5) is 17.1 Å². The second-order valence-electron chi connectivity index (χ2n) is 6.92. The third-order valence-corrected chi connectivity index (χ3v) is 7.30. The fourth-order valence-corrected chi connectivity index (χ4v) is 5.04. The summed E-state index contributed by atoms with van der Waals surface area (Å²) in [4.78, 5) is 24.1. The highest BCUT2D eigenvalue weighted by Crippen LogP contribution is 2.32. The van der Waals surface area contributed by atoms with E-state index in [1.165, 1.54) is 6.07 Å². The van der Waals surface area contributed by atoms with Crippen LogP contribution in [0.2, 0.25) is 0 Å². The summed E-state index contributed by atoms with van der Waals surface area (Å²) in [5, 5.41) is 7.21. The number of nitrogens with one attached hydrogen (secondary N) is 3. The van der Waals surface area contributed by atoms with E-state index in [9.17, 15) is 18.0 Å². The van der Waals surface area contributed by atoms with Crippen LogP contribution in [0, 0.1) is 0 Å². The Morgan fingerprint density at radius 3 is 2.58 bits per heavy atom. The molecule has 3 N–H and O–H groups in total. The van der Waals surface area contributed by atoms with E-state index in [-0.39, 0.29) is 22.4 Å². The molecular formula is C21H19N3O5S2. The number of ether oxygens (including phenoxy) is 1. The van der Waals surface area contributed by atoms with E-state index in [1.54, 1.807) is 60.8 Å². The van der Waals surface area contributed by atoms with Gasteiger partial charge in [-0.2, -0.15) is 0 Å². The Labute approximate surface area is 183 Å². The molecule has 0 radical (unpaired) electrons. The molecule has 0 saturated carbocycles. The fourth-order valence-electron chi connectivity index (χ4n) is 2.99. The van der Waals surface area contributed by atoms with E-state index in [0.29, 0.717) is 22.8 Å². The lowest BCUT2D eigenvalue weighted by molar-refractivity contribution is -0.122. The van der Waals surface area contributed by atoms with Gasteiger partial charge >= 0.3 is 0 Å². The van der Waals surface area contributed by atoms with Crippen molar-refractivity contribution in [2.24, 2.45) is 0 Å². The number of hydrogen-bond acceptors (Lipinski definition) is 6. The van der Waals surface area contributed by atoms with Crippen molar-refractivity contribution < 1.29 is 22.7 Å². The summed E-state index contributed by atoms with van der Waals surface area (Å²) < 4.78 is 32.8. The SMILES string of the molecule is CC1Oc2ccc(NC(=O)Cc3ccc(NS(=O)(=O)c4cccs4)cc3)cc2NC1=O. The molecule has 3 aromatic rings. The van der Waals surface area contributed by atoms with Crippen molar-refractivity contribution in [2.45, 2.75) is 23.7 Å². The molecule has 0 saturated heterocycles. The van der Waals surface area contributed by atoms with Crippen LogP contribution in [-0.2, 0) is 26.0 Å². The summed E-state index contributed by atoms with van der Waals surface area (Å²) in [5.41, 5.74) is 2.17. The van der Waals surface area contributed by atoms with E-state index in [0.717, 1.165) is 16.9 Å². The standard InChI is InChI=1S/C21H19N3O5S2/c1-13-21(26)23-17-12-16(8-9-18(17)29-13)22-19(25)11-14-4-6-15(7-5-14)24-31(27,28)20-3-2-10-30-20/h2-10,12-13,24H,11H2,1H3,(H,22,25)(H,23,26). The molecule has 2 heterocycles. The van der Waals surface area contributed by atoms with Gasteiger partial charge in [0, 0.05) is 11.4 Å². The molecule has 1 aliphatic rings. The van der Waals surface area contributed by atoms with Crippen molar-refractivity contribution in [1.82, 2.24) is 0 Å². The summed E-state index contributed by atoms with van der Waals surface area (Å²) in [6.07, 6.45) is -0.458. The van der Waals surface area contributed by atoms with Gasteiger partial charge in [-0.15, -0.1) is 11.3 Å². The van der Waals surface area contributed by atoms with Gasteiger partial charge in [0.2, 0.25) is 5.91 Å². The Balaban J connectivity index is 1.37. The van der Waals surface area contributed by atoms with Crippen LogP contribution in [0.5, 0.6) is 5.75 Å². The van der Waals surface area contributed by atoms with Crippen LogP contribution in [-0.4, -0.2) is 26.3 Å². The molecule has 2 aromatic carbocycles. The van der Waals surface area contributed by atoms with Gasteiger partial charge in [-0.05, 0) is 54.3 Å². The predicted molar refractivity (Wildman–Crippen MR) is 119 cm³/mol. The van der Waals surface area contributed by atoms with Crippen LogP contribution in [0.1, 0.15) is 12.5 Å². The van der Waals surface area contributed by atoms with Gasteiger partial charge in [0.05, 0.1) is 12.1 Å². The highest BCUT2D eigenvalue weighted by molar-refractivity contribution is 7.94. The average Bonchev–Trinajstić information content (AvgIpc) is 3.26. The van der Waals surface area contributed by atoms with E-state index in [4.69, 9.17) is 4.74 Å². The molecule has 1 unspecified atom stereocenters. The lowest BCUT2D eigenvalue weighted by atomic mass is 10.1. The third-order valence-electron chi connectivity index (χ3n) is 4.52. The molecule has 0 aliphatic carbocycles. The quantitative estimate of drug-likeness (QED) is 0.525. The summed E-state index contributed by atoms with van der Waals surface area (Å²) >= 11 is 1.14. The molecule has 2 amide bonds. The van der Waals surface area contributed by atoms with Gasteiger partial charge < -0.3 is 15.4 Å². The lowest BCUT2D eigenvalue weighted by Crippen LogP contribution is -2.34. The minimum atomic E-state index is -3.61. The second kappa shape index (κ2) is 8.40. The Hall–Kier alpha value is -3.37. The first-order chi connectivity index (χ1) is 14.8. The highest BCUT2D eigenvalue weighted by atomic mass is 32.2. The van der Waals surface area contributed by atoms with Crippen molar-refractivity contribution in [3.05, 3.63) is 65.5 Å². The number of carbonyl (C=O) groups excluding carboxylic acids is 2. The first-order valence-electron chi connectivity index (χ1n) is 9.37. The summed E-state index contributed by atoms with van der Waals surface area (Å²) in [6, 6.07) is 14.8. The first-order valence-corrected chi connectivity index (χ1v) is 11.7. The number of sulfonamides is 1. The molecule has 0 spiro atoms. The minimum Gasteiger partial charge on any atom is -0.479 e. The smallest absolute Gasteiger partial charge is 0.271 e. The summed E-state index contributed by atoms with van der Waals surface area (Å²) in [7, 11) is -3.61. The molecular weight excluding hydrogens is 438 g/mol. The topological polar surface area (TPSA) is 114 Å². The summed E-state index contributed by atoms with van der Waals surface area (Å²) in [6.45, 7) is 1.66. The Morgan fingerprint density at radius 1 is 1.13 bits per heavy atom. The number of fused-ring (bicyclic) bond motifs is 1. The monoisotopic (exact) mass is 457 g/mol. The van der Waals surface area contributed by atoms with Crippen LogP contribution >= 0.6 is 11.3 Å². The van der Waals surface area contributed by atoms with Crippen LogP contribution in [0.15, 0.2) is 64.2 Å². The minimum absolute atomic E-state index is 0.106. The maximum Gasteiger partial charge on any atom is 0.271 e. The van der Waals surface area contributed by atoms with E-state index >= 15 is 0 Å². The molecule has 8 nitrogen and oxygen atoms in total. The van der Waals surface area contributed by atoms with Crippen molar-refractivity contribution in [3.8, 4) is 5.75 Å². The maximum absolute atomic E-state index is 12.4. The van der Waals surface area contributed by atoms with Crippen molar-refractivity contribution in [2.75, 3.05) is 15.4 Å². The van der Waals surface area contributed by atoms with E-state index in [1.807, 2.05) is 0 Å². The van der Waals surface area contributed by atoms with Crippen molar-refractivity contribution in [1.29, 1.82) is 0 Å². The van der Waals surface area contributed by atoms with Gasteiger partial charge in [0.25, 0.3) is 15.9 Å². The van der Waals surface area contributed by atoms with Crippen LogP contribution < -0.4 is 20.1 Å². The summed E-state index contributed by atoms with van der Waals surface area (Å²) in [5.74, 6) is 0.0553. The Kier molecular flexibility index (Phi) is 5.66. The van der Waals surface area contributed by atoms with Crippen molar-refractivity contribution >= 4 is 50.2 Å². The number of amides is 2.